The van der Waals surface area contributed by atoms with Gasteiger partial charge in [0.25, 0.3) is 0 Å². The minimum Gasteiger partial charge on any atom is -0.478 e. The van der Waals surface area contributed by atoms with E-state index in [0.717, 1.165) is 16.7 Å². The Labute approximate surface area is 704 Å². The van der Waals surface area contributed by atoms with Crippen molar-refractivity contribution in [2.75, 3.05) is 61.9 Å². The molecule has 5 aliphatic heterocycles. The van der Waals surface area contributed by atoms with Gasteiger partial charge in [-0.05, 0) is 74.2 Å². The molecule has 6 amide bonds. The highest BCUT2D eigenvalue weighted by molar-refractivity contribution is 6.38. The van der Waals surface area contributed by atoms with Crippen LogP contribution in [0.25, 0.3) is 45.6 Å². The Morgan fingerprint density at radius 3 is 1.42 bits per heavy atom. The second-order valence-corrected chi connectivity index (χ2v) is 29.3. The number of carbonyl (C=O) groups excluding carboxylic acids is 3. The number of aliphatic carboxylic acids is 1. The van der Waals surface area contributed by atoms with E-state index in [4.69, 9.17) is 46.7 Å². The summed E-state index contributed by atoms with van der Waals surface area (Å²) >= 11 is 0. The van der Waals surface area contributed by atoms with Crippen molar-refractivity contribution in [3.05, 3.63) is 205 Å². The van der Waals surface area contributed by atoms with Crippen LogP contribution in [0.4, 0.5) is 31.8 Å². The van der Waals surface area contributed by atoms with Crippen LogP contribution in [0.15, 0.2) is 190 Å². The average Bonchev–Trinajstić information content (AvgIpc) is 1.60. The standard InChI is InChI=1S/C29H31N7O6.C27H29N9O6.C26H27N7O7/c1-2-31-29(39)35-26-23-27(33-15-32-26)36(16-34-23)20-12-18(13-30-14-21-19(28(37)38)10-11-40-21)24-25(20)42-22(41-24)9-8-17-6-4-3-5-7-17;1-2-28-27(39)32-24-21-25(30-13-29-24)36(14-31-21)18-10-16(11-40-12-17-20(26(37)38)34-35-33-17)22-23(18)42-19(41-22)9-8-15-6-4-3-5-7-15;1-2-28-26(36)32-21-18-22(30-12-29-21)33(13-31-18)23-20-19(39-25(40-20)14-6-4-3-5-7-14)17(38-23)11-27-10-16-15(24(34)35)8-9-37-16/h3-11,15-16,18,20,22,24-25,30H,2,12-14H2,1H3,(H,37,38)(H2,31,32,33,35,39);3-9,13-14,16-19,22-23H,2,10-12H2,1H3,(H,37,38)(H2,28,29,30,32,39);3-9,12-13,17,19-20,23,25,27H,2,10-11H2,1H3,(H,34,35)(H2,28,29,30,32,36)/b2*9-8+;/t18?,20?,22-,24?,25?;16?,17?,18?,19-,22?,23?;17?,19?,20?,23?,25-/m000/s1. The Kier molecular flexibility index (Phi) is 26.2. The number of aromatic nitrogens is 12. The smallest absolute Gasteiger partial charge is 0.354 e. The Bertz CT molecular complexity index is 5730. The van der Waals surface area contributed by atoms with Crippen LogP contribution < -0.4 is 42.5 Å². The maximum atomic E-state index is 12.1. The summed E-state index contributed by atoms with van der Waals surface area (Å²) in [6, 6.07) is 29.9. The molecule has 16 atom stereocenters. The number of benzene rings is 3. The molecule has 42 nitrogen and oxygen atoms in total. The summed E-state index contributed by atoms with van der Waals surface area (Å²) in [7, 11) is 0. The highest BCUT2D eigenvalue weighted by Crippen LogP contribution is 2.49. The van der Waals surface area contributed by atoms with Gasteiger partial charge in [0.2, 0.25) is 0 Å². The second-order valence-electron chi connectivity index (χ2n) is 29.3. The summed E-state index contributed by atoms with van der Waals surface area (Å²) in [4.78, 5) is 110. The van der Waals surface area contributed by atoms with Crippen molar-refractivity contribution in [2.45, 2.75) is 133 Å². The number of furan rings is 2. The van der Waals surface area contributed by atoms with Crippen LogP contribution in [0.5, 0.6) is 0 Å². The Balaban J connectivity index is 0.000000138. The third kappa shape index (κ3) is 18.7. The van der Waals surface area contributed by atoms with Gasteiger partial charge in [-0.15, -0.1) is 5.10 Å². The van der Waals surface area contributed by atoms with E-state index >= 15 is 0 Å². The molecule has 6 fully saturated rings. The molecule has 3 aromatic carbocycles. The third-order valence-electron chi connectivity index (χ3n) is 21.5. The minimum atomic E-state index is -1.18. The van der Waals surface area contributed by atoms with Gasteiger partial charge in [-0.1, -0.05) is 103 Å². The normalized spacial score (nSPS) is 24.6. The number of nitrogens with zero attached hydrogens (tertiary/aromatic N) is 15. The molecule has 13 unspecified atom stereocenters. The van der Waals surface area contributed by atoms with Crippen molar-refractivity contribution < 1.29 is 90.8 Å². The monoisotopic (exact) mass is 1700 g/mol. The summed E-state index contributed by atoms with van der Waals surface area (Å²) in [5.74, 6) is -1.76. The fourth-order valence-electron chi connectivity index (χ4n) is 16.0. The number of fused-ring (bicyclic) bond motifs is 6. The number of anilines is 3. The van der Waals surface area contributed by atoms with E-state index in [1.807, 2.05) is 145 Å². The average molecular weight is 1700 g/mol. The highest BCUT2D eigenvalue weighted by Gasteiger charge is 2.56. The van der Waals surface area contributed by atoms with Gasteiger partial charge < -0.3 is 97.8 Å². The van der Waals surface area contributed by atoms with Crippen LogP contribution in [0.1, 0.15) is 107 Å². The molecule has 2 saturated carbocycles. The minimum absolute atomic E-state index is 0.0292. The molecule has 0 spiro atoms. The fraction of sp³-hybridized carbons (Fsp3) is 0.366. The lowest BCUT2D eigenvalue weighted by Crippen LogP contribution is -2.36. The van der Waals surface area contributed by atoms with Gasteiger partial charge in [-0.3, -0.25) is 20.5 Å². The van der Waals surface area contributed by atoms with Gasteiger partial charge in [0.05, 0.1) is 82.1 Å². The molecule has 18 rings (SSSR count). The lowest BCUT2D eigenvalue weighted by Gasteiger charge is -2.21. The van der Waals surface area contributed by atoms with Gasteiger partial charge in [-0.25, -0.2) is 73.6 Å². The van der Waals surface area contributed by atoms with E-state index in [2.05, 4.69) is 103 Å². The van der Waals surface area contributed by atoms with Crippen LogP contribution in [0.2, 0.25) is 0 Å². The molecule has 7 aliphatic rings. The molecule has 42 heteroatoms. The molecule has 11 aromatic rings. The van der Waals surface area contributed by atoms with E-state index in [1.165, 1.54) is 43.6 Å². The first-order valence-corrected chi connectivity index (χ1v) is 40.1. The van der Waals surface area contributed by atoms with Gasteiger partial charge in [0, 0.05) is 50.1 Å². The summed E-state index contributed by atoms with van der Waals surface area (Å²) in [5, 5.41) is 61.7. The number of hydrogen-bond acceptors (Lipinski definition) is 30. The first kappa shape index (κ1) is 84.1. The highest BCUT2D eigenvalue weighted by atomic mass is 16.8. The third-order valence-corrected chi connectivity index (χ3v) is 21.5. The van der Waals surface area contributed by atoms with Crippen LogP contribution in [0.3, 0.4) is 0 Å². The zero-order chi connectivity index (χ0) is 85.7. The number of imidazole rings is 3. The quantitative estimate of drug-likeness (QED) is 0.0209. The van der Waals surface area contributed by atoms with Crippen LogP contribution in [0, 0.1) is 11.8 Å². The number of ether oxygens (including phenoxy) is 8. The zero-order valence-corrected chi connectivity index (χ0v) is 66.8. The number of nitrogens with one attached hydrogen (secondary N) is 8. The summed E-state index contributed by atoms with van der Waals surface area (Å²) < 4.78 is 67.0. The van der Waals surface area contributed by atoms with Crippen LogP contribution >= 0.6 is 0 Å². The molecule has 0 radical (unpaired) electrons. The zero-order valence-electron chi connectivity index (χ0n) is 66.8. The molecule has 644 valence electrons. The summed E-state index contributed by atoms with van der Waals surface area (Å²) in [6.07, 6.45) is 15.8. The van der Waals surface area contributed by atoms with Gasteiger partial charge >= 0.3 is 36.0 Å². The summed E-state index contributed by atoms with van der Waals surface area (Å²) in [5.41, 5.74) is 5.90. The fourth-order valence-corrected chi connectivity index (χ4v) is 16.0. The number of amides is 6. The first-order valence-electron chi connectivity index (χ1n) is 40.1. The SMILES string of the molecule is CCNC(=O)Nc1ncnc2c1ncn2C1CC(CNCc2occc2C(=O)O)C2O[C@H](/C=C/c3ccccc3)OC21.CCNC(=O)Nc1ncnc2c1ncn2C1CC(COCC2N=NN=C2C(=O)O)C2O[C@H](/C=C/c3ccccc3)OC21.CCNC(=O)Nc1ncnc2c1ncn2C1OC(CNCc2occc2C(=O)O)C2O[C@H](c3ccccc3)OC21. The van der Waals surface area contributed by atoms with E-state index in [-0.39, 0.29) is 109 Å². The van der Waals surface area contributed by atoms with Crippen molar-refractivity contribution in [3.63, 3.8) is 0 Å². The molecule has 0 bridgehead atoms. The van der Waals surface area contributed by atoms with E-state index in [1.54, 1.807) is 23.5 Å². The second kappa shape index (κ2) is 38.7. The van der Waals surface area contributed by atoms with Crippen molar-refractivity contribution in [1.82, 2.24) is 85.1 Å². The maximum absolute atomic E-state index is 12.1. The van der Waals surface area contributed by atoms with E-state index in [0.29, 0.717) is 102 Å². The molecule has 2 aliphatic carbocycles. The number of carbonyl (C=O) groups is 6. The first-order chi connectivity index (χ1) is 60.6. The predicted molar refractivity (Wildman–Crippen MR) is 438 cm³/mol. The van der Waals surface area contributed by atoms with Gasteiger partial charge in [0.1, 0.15) is 78.2 Å². The summed E-state index contributed by atoms with van der Waals surface area (Å²) in [6.45, 7) is 8.50. The Morgan fingerprint density at radius 1 is 0.476 bits per heavy atom. The van der Waals surface area contributed by atoms with Gasteiger partial charge in [-0.2, -0.15) is 5.11 Å². The number of carboxylic acids is 3. The lowest BCUT2D eigenvalue weighted by molar-refractivity contribution is -0.146. The molecular formula is C82H87N23O19. The largest absolute Gasteiger partial charge is 0.478 e. The number of hydrogen-bond donors (Lipinski definition) is 11. The number of urea groups is 3. The molecule has 11 N–H and O–H groups in total. The van der Waals surface area contributed by atoms with Crippen molar-refractivity contribution in [3.8, 4) is 0 Å². The Morgan fingerprint density at radius 2 is 0.927 bits per heavy atom. The molecule has 8 aromatic heterocycles. The topological polar surface area (TPSA) is 527 Å². The van der Waals surface area contributed by atoms with Crippen molar-refractivity contribution >= 4 is 105 Å². The van der Waals surface area contributed by atoms with E-state index in [9.17, 15) is 44.1 Å². The predicted octanol–water partition coefficient (Wildman–Crippen LogP) is 8.51. The van der Waals surface area contributed by atoms with Crippen molar-refractivity contribution in [1.29, 1.82) is 0 Å². The van der Waals surface area contributed by atoms with Gasteiger partial charge in [0.15, 0.2) is 81.8 Å². The number of rotatable bonds is 29. The molecule has 124 heavy (non-hydrogen) atoms. The molecule has 13 heterocycles. The number of aromatic carboxylic acids is 2. The van der Waals surface area contributed by atoms with Crippen LogP contribution in [-0.4, -0.2) is 223 Å². The van der Waals surface area contributed by atoms with Crippen molar-refractivity contribution in [2.24, 2.45) is 27.3 Å². The van der Waals surface area contributed by atoms with Crippen LogP contribution in [-0.2, 0) is 55.8 Å². The lowest BCUT2D eigenvalue weighted by atomic mass is 10.1. The Hall–Kier alpha value is -13.6. The maximum Gasteiger partial charge on any atom is 0.354 e. The molecule has 4 saturated heterocycles. The van der Waals surface area contributed by atoms with E-state index < -0.39 is 73.4 Å². The molecular weight excluding hydrogens is 1610 g/mol. The number of carboxylic acid groups (broad SMARTS) is 3.